The number of ether oxygens (including phenoxy) is 1. The van der Waals surface area contributed by atoms with E-state index in [2.05, 4.69) is 15.6 Å². The predicted molar refractivity (Wildman–Crippen MR) is 72.9 cm³/mol. The number of pyridine rings is 1. The van der Waals surface area contributed by atoms with Crippen molar-refractivity contribution in [2.45, 2.75) is 25.9 Å². The Balaban J connectivity index is 1.73. The molecule has 2 heterocycles. The van der Waals surface area contributed by atoms with Gasteiger partial charge in [0.05, 0.1) is 6.20 Å². The SMILES string of the molecule is CC(Oc1cccnc1)C(=O)NCC1CCCNC1. The second kappa shape index (κ2) is 7.09. The molecule has 5 nitrogen and oxygen atoms in total. The van der Waals surface area contributed by atoms with Crippen LogP contribution in [0, 0.1) is 5.92 Å². The minimum Gasteiger partial charge on any atom is -0.479 e. The molecule has 0 aromatic carbocycles. The van der Waals surface area contributed by atoms with E-state index in [0.29, 0.717) is 18.2 Å². The van der Waals surface area contributed by atoms with E-state index in [-0.39, 0.29) is 5.91 Å². The lowest BCUT2D eigenvalue weighted by Crippen LogP contribution is -2.42. The summed E-state index contributed by atoms with van der Waals surface area (Å²) in [6.45, 7) is 4.54. The number of hydrogen-bond donors (Lipinski definition) is 2. The monoisotopic (exact) mass is 263 g/mol. The van der Waals surface area contributed by atoms with Crippen LogP contribution in [-0.2, 0) is 4.79 Å². The number of piperidine rings is 1. The summed E-state index contributed by atoms with van der Waals surface area (Å²) in [5.41, 5.74) is 0. The van der Waals surface area contributed by atoms with Crippen molar-refractivity contribution < 1.29 is 9.53 Å². The molecule has 1 amide bonds. The molecular weight excluding hydrogens is 242 g/mol. The minimum absolute atomic E-state index is 0.0746. The predicted octanol–water partition coefficient (Wildman–Crippen LogP) is 0.965. The summed E-state index contributed by atoms with van der Waals surface area (Å²) in [6, 6.07) is 3.58. The second-order valence-corrected chi connectivity index (χ2v) is 4.91. The zero-order chi connectivity index (χ0) is 13.5. The van der Waals surface area contributed by atoms with Crippen molar-refractivity contribution in [3.8, 4) is 5.75 Å². The normalized spacial score (nSPS) is 20.6. The van der Waals surface area contributed by atoms with Gasteiger partial charge in [-0.2, -0.15) is 0 Å². The van der Waals surface area contributed by atoms with Crippen molar-refractivity contribution >= 4 is 5.91 Å². The lowest BCUT2D eigenvalue weighted by molar-refractivity contribution is -0.127. The summed E-state index contributed by atoms with van der Waals surface area (Å²) in [4.78, 5) is 15.9. The quantitative estimate of drug-likeness (QED) is 0.831. The third-order valence-electron chi connectivity index (χ3n) is 3.28. The third-order valence-corrected chi connectivity index (χ3v) is 3.28. The molecule has 1 aromatic heterocycles. The molecule has 1 aromatic rings. The van der Waals surface area contributed by atoms with Crippen LogP contribution in [0.1, 0.15) is 19.8 Å². The van der Waals surface area contributed by atoms with Crippen molar-refractivity contribution in [2.24, 2.45) is 5.92 Å². The van der Waals surface area contributed by atoms with Gasteiger partial charge in [0.1, 0.15) is 5.75 Å². The summed E-state index contributed by atoms with van der Waals surface area (Å²) < 4.78 is 5.53. The van der Waals surface area contributed by atoms with Crippen molar-refractivity contribution in [3.63, 3.8) is 0 Å². The molecule has 0 bridgehead atoms. The molecule has 2 unspecified atom stereocenters. The molecule has 1 saturated heterocycles. The fraction of sp³-hybridized carbons (Fsp3) is 0.571. The number of nitrogens with zero attached hydrogens (tertiary/aromatic N) is 1. The zero-order valence-electron chi connectivity index (χ0n) is 11.3. The van der Waals surface area contributed by atoms with Gasteiger partial charge in [0, 0.05) is 12.7 Å². The molecule has 0 aliphatic carbocycles. The smallest absolute Gasteiger partial charge is 0.260 e. The van der Waals surface area contributed by atoms with Crippen molar-refractivity contribution in [3.05, 3.63) is 24.5 Å². The largest absolute Gasteiger partial charge is 0.479 e. The number of nitrogens with one attached hydrogen (secondary N) is 2. The third kappa shape index (κ3) is 4.52. The van der Waals surface area contributed by atoms with Crippen LogP contribution >= 0.6 is 0 Å². The van der Waals surface area contributed by atoms with Gasteiger partial charge in [-0.05, 0) is 50.9 Å². The highest BCUT2D eigenvalue weighted by molar-refractivity contribution is 5.80. The van der Waals surface area contributed by atoms with Gasteiger partial charge < -0.3 is 15.4 Å². The second-order valence-electron chi connectivity index (χ2n) is 4.91. The molecule has 0 radical (unpaired) electrons. The highest BCUT2D eigenvalue weighted by Gasteiger charge is 2.18. The first kappa shape index (κ1) is 13.8. The number of carbonyl (C=O) groups excluding carboxylic acids is 1. The summed E-state index contributed by atoms with van der Waals surface area (Å²) in [5.74, 6) is 1.07. The fourth-order valence-corrected chi connectivity index (χ4v) is 2.16. The van der Waals surface area contributed by atoms with Gasteiger partial charge in [0.15, 0.2) is 6.10 Å². The van der Waals surface area contributed by atoms with Crippen LogP contribution in [0.25, 0.3) is 0 Å². The van der Waals surface area contributed by atoms with Crippen LogP contribution in [0.3, 0.4) is 0 Å². The van der Waals surface area contributed by atoms with E-state index in [1.807, 2.05) is 0 Å². The number of hydrogen-bond acceptors (Lipinski definition) is 4. The Bertz CT molecular complexity index is 391. The van der Waals surface area contributed by atoms with E-state index in [4.69, 9.17) is 4.74 Å². The van der Waals surface area contributed by atoms with E-state index in [1.165, 1.54) is 12.8 Å². The first-order valence-electron chi connectivity index (χ1n) is 6.81. The maximum Gasteiger partial charge on any atom is 0.260 e. The van der Waals surface area contributed by atoms with Gasteiger partial charge in [-0.3, -0.25) is 9.78 Å². The van der Waals surface area contributed by atoms with E-state index in [9.17, 15) is 4.79 Å². The van der Waals surface area contributed by atoms with E-state index < -0.39 is 6.10 Å². The van der Waals surface area contributed by atoms with Crippen LogP contribution in [-0.4, -0.2) is 36.6 Å². The number of carbonyl (C=O) groups is 1. The number of amides is 1. The van der Waals surface area contributed by atoms with Gasteiger partial charge >= 0.3 is 0 Å². The van der Waals surface area contributed by atoms with Crippen molar-refractivity contribution in [2.75, 3.05) is 19.6 Å². The molecule has 19 heavy (non-hydrogen) atoms. The molecule has 0 spiro atoms. The number of rotatable bonds is 5. The summed E-state index contributed by atoms with van der Waals surface area (Å²) in [5, 5.41) is 6.28. The fourth-order valence-electron chi connectivity index (χ4n) is 2.16. The van der Waals surface area contributed by atoms with Crippen molar-refractivity contribution in [1.29, 1.82) is 0 Å². The standard InChI is InChI=1S/C14H21N3O2/c1-11(19-13-5-3-7-16-10-13)14(18)17-9-12-4-2-6-15-8-12/h3,5,7,10-12,15H,2,4,6,8-9H2,1H3,(H,17,18). The Morgan fingerprint density at radius 2 is 2.58 bits per heavy atom. The molecule has 1 aliphatic rings. The zero-order valence-corrected chi connectivity index (χ0v) is 11.3. The van der Waals surface area contributed by atoms with Crippen LogP contribution in [0.2, 0.25) is 0 Å². The van der Waals surface area contributed by atoms with E-state index in [1.54, 1.807) is 31.5 Å². The Labute approximate surface area is 113 Å². The topological polar surface area (TPSA) is 63.2 Å². The summed E-state index contributed by atoms with van der Waals surface area (Å²) in [6.07, 6.45) is 5.14. The number of aromatic nitrogens is 1. The molecule has 2 N–H and O–H groups in total. The van der Waals surface area contributed by atoms with Crippen molar-refractivity contribution in [1.82, 2.24) is 15.6 Å². The molecule has 1 aliphatic heterocycles. The summed E-state index contributed by atoms with van der Waals surface area (Å²) in [7, 11) is 0. The maximum absolute atomic E-state index is 11.9. The van der Waals surface area contributed by atoms with E-state index >= 15 is 0 Å². The average molecular weight is 263 g/mol. The van der Waals surface area contributed by atoms with Gasteiger partial charge in [0.2, 0.25) is 0 Å². The molecule has 104 valence electrons. The Morgan fingerprint density at radius 1 is 1.68 bits per heavy atom. The average Bonchev–Trinajstić information content (AvgIpc) is 2.47. The first-order chi connectivity index (χ1) is 9.25. The molecule has 2 rings (SSSR count). The van der Waals surface area contributed by atoms with Gasteiger partial charge in [-0.25, -0.2) is 0 Å². The molecular formula is C14H21N3O2. The van der Waals surface area contributed by atoms with Gasteiger partial charge in [0.25, 0.3) is 5.91 Å². The molecule has 5 heteroatoms. The minimum atomic E-state index is -0.499. The highest BCUT2D eigenvalue weighted by Crippen LogP contribution is 2.10. The van der Waals surface area contributed by atoms with E-state index in [0.717, 1.165) is 13.1 Å². The van der Waals surface area contributed by atoms with Crippen LogP contribution in [0.5, 0.6) is 5.75 Å². The lowest BCUT2D eigenvalue weighted by atomic mass is 10.00. The summed E-state index contributed by atoms with van der Waals surface area (Å²) >= 11 is 0. The lowest BCUT2D eigenvalue weighted by Gasteiger charge is -2.23. The molecule has 2 atom stereocenters. The molecule has 0 saturated carbocycles. The maximum atomic E-state index is 11.9. The highest BCUT2D eigenvalue weighted by atomic mass is 16.5. The van der Waals surface area contributed by atoms with Crippen LogP contribution in [0.15, 0.2) is 24.5 Å². The molecule has 1 fully saturated rings. The van der Waals surface area contributed by atoms with Gasteiger partial charge in [-0.1, -0.05) is 0 Å². The Morgan fingerprint density at radius 3 is 3.26 bits per heavy atom. The first-order valence-corrected chi connectivity index (χ1v) is 6.81. The Kier molecular flexibility index (Phi) is 5.15. The Hall–Kier alpha value is -1.62. The van der Waals surface area contributed by atoms with Gasteiger partial charge in [-0.15, -0.1) is 0 Å². The van der Waals surface area contributed by atoms with Crippen LogP contribution < -0.4 is 15.4 Å². The van der Waals surface area contributed by atoms with Crippen LogP contribution in [0.4, 0.5) is 0 Å².